The first kappa shape index (κ1) is 19.7. The van der Waals surface area contributed by atoms with E-state index in [4.69, 9.17) is 4.74 Å². The van der Waals surface area contributed by atoms with Crippen molar-refractivity contribution in [3.8, 4) is 5.75 Å². The number of hydrogen-bond donors (Lipinski definition) is 0. The highest BCUT2D eigenvalue weighted by molar-refractivity contribution is 7.91. The van der Waals surface area contributed by atoms with Crippen molar-refractivity contribution in [2.24, 2.45) is 0 Å². The van der Waals surface area contributed by atoms with Gasteiger partial charge in [0.05, 0.1) is 25.2 Å². The second-order valence-corrected chi connectivity index (χ2v) is 8.56. The number of carbonyl (C=O) groups is 1. The van der Waals surface area contributed by atoms with E-state index in [-0.39, 0.29) is 35.7 Å². The van der Waals surface area contributed by atoms with E-state index in [1.165, 1.54) is 18.1 Å². The van der Waals surface area contributed by atoms with Crippen molar-refractivity contribution >= 4 is 15.7 Å². The third kappa shape index (κ3) is 5.15. The summed E-state index contributed by atoms with van der Waals surface area (Å²) in [7, 11) is 0.0294. The molecule has 8 heteroatoms. The lowest BCUT2D eigenvalue weighted by Gasteiger charge is -2.27. The molecule has 25 heavy (non-hydrogen) atoms. The normalized spacial score (nSPS) is 19.2. The summed E-state index contributed by atoms with van der Waals surface area (Å²) in [6, 6.07) is 4.48. The third-order valence-electron chi connectivity index (χ3n) is 4.58. The minimum absolute atomic E-state index is 0.0328. The Morgan fingerprint density at radius 3 is 2.64 bits per heavy atom. The van der Waals surface area contributed by atoms with Crippen molar-refractivity contribution in [1.82, 2.24) is 9.80 Å². The maximum atomic E-state index is 13.8. The molecule has 0 unspecified atom stereocenters. The van der Waals surface area contributed by atoms with Crippen molar-refractivity contribution in [3.63, 3.8) is 0 Å². The molecule has 1 saturated heterocycles. The van der Waals surface area contributed by atoms with Crippen LogP contribution in [0.3, 0.4) is 0 Å². The molecule has 1 fully saturated rings. The number of rotatable bonds is 7. The van der Waals surface area contributed by atoms with Gasteiger partial charge in [-0.2, -0.15) is 0 Å². The molecule has 1 aromatic carbocycles. The summed E-state index contributed by atoms with van der Waals surface area (Å²) in [6.45, 7) is 3.14. The van der Waals surface area contributed by atoms with Crippen LogP contribution in [0, 0.1) is 5.82 Å². The fraction of sp³-hybridized carbons (Fsp3) is 0.588. The van der Waals surface area contributed by atoms with Crippen molar-refractivity contribution < 1.29 is 22.3 Å². The summed E-state index contributed by atoms with van der Waals surface area (Å²) in [4.78, 5) is 15.9. The van der Waals surface area contributed by atoms with Crippen molar-refractivity contribution in [2.75, 3.05) is 38.8 Å². The van der Waals surface area contributed by atoms with Gasteiger partial charge in [0.25, 0.3) is 0 Å². The highest BCUT2D eigenvalue weighted by Gasteiger charge is 2.32. The summed E-state index contributed by atoms with van der Waals surface area (Å²) in [5.41, 5.74) is 0.749. The van der Waals surface area contributed by atoms with Crippen LogP contribution in [-0.4, -0.2) is 68.9 Å². The van der Waals surface area contributed by atoms with E-state index in [0.29, 0.717) is 19.5 Å². The molecule has 1 aliphatic rings. The molecular formula is C17H25FN2O4S. The Kier molecular flexibility index (Phi) is 6.40. The van der Waals surface area contributed by atoms with Crippen molar-refractivity contribution in [2.45, 2.75) is 25.9 Å². The Morgan fingerprint density at radius 1 is 1.40 bits per heavy atom. The van der Waals surface area contributed by atoms with Gasteiger partial charge in [-0.15, -0.1) is 0 Å². The van der Waals surface area contributed by atoms with Gasteiger partial charge in [-0.25, -0.2) is 12.8 Å². The maximum absolute atomic E-state index is 13.8. The van der Waals surface area contributed by atoms with Crippen molar-refractivity contribution in [3.05, 3.63) is 29.6 Å². The smallest absolute Gasteiger partial charge is 0.236 e. The topological polar surface area (TPSA) is 66.9 Å². The number of amides is 1. The summed E-state index contributed by atoms with van der Waals surface area (Å²) in [5.74, 6) is -0.207. The number of nitrogens with zero attached hydrogens (tertiary/aromatic N) is 2. The van der Waals surface area contributed by atoms with E-state index in [1.807, 2.05) is 11.8 Å². The van der Waals surface area contributed by atoms with Crippen LogP contribution in [0.25, 0.3) is 0 Å². The molecule has 0 N–H and O–H groups in total. The van der Waals surface area contributed by atoms with Gasteiger partial charge in [0.2, 0.25) is 5.91 Å². The Balaban J connectivity index is 1.96. The second kappa shape index (κ2) is 8.14. The predicted molar refractivity (Wildman–Crippen MR) is 93.7 cm³/mol. The lowest BCUT2D eigenvalue weighted by atomic mass is 10.2. The highest BCUT2D eigenvalue weighted by Crippen LogP contribution is 2.19. The molecule has 1 heterocycles. The number of carbonyl (C=O) groups excluding carboxylic acids is 1. The molecule has 1 amide bonds. The van der Waals surface area contributed by atoms with Crippen LogP contribution >= 0.6 is 0 Å². The Morgan fingerprint density at radius 2 is 2.12 bits per heavy atom. The van der Waals surface area contributed by atoms with Crippen LogP contribution in [0.2, 0.25) is 0 Å². The number of sulfone groups is 1. The highest BCUT2D eigenvalue weighted by atomic mass is 32.2. The quantitative estimate of drug-likeness (QED) is 0.722. The van der Waals surface area contributed by atoms with Gasteiger partial charge >= 0.3 is 0 Å². The molecule has 140 valence electrons. The summed E-state index contributed by atoms with van der Waals surface area (Å²) in [5, 5.41) is 0. The maximum Gasteiger partial charge on any atom is 0.236 e. The predicted octanol–water partition coefficient (Wildman–Crippen LogP) is 1.30. The minimum atomic E-state index is -3.03. The lowest BCUT2D eigenvalue weighted by molar-refractivity contribution is -0.132. The summed E-state index contributed by atoms with van der Waals surface area (Å²) in [6.07, 6.45) is 0.486. The number of benzene rings is 1. The fourth-order valence-electron chi connectivity index (χ4n) is 2.93. The van der Waals surface area contributed by atoms with E-state index in [1.54, 1.807) is 19.2 Å². The SMILES string of the molecule is CCN(CC(=O)N(C)[C@@H]1CCS(=O)(=O)C1)Cc1ccc(OC)c(F)c1. The first-order chi connectivity index (χ1) is 11.8. The van der Waals surface area contributed by atoms with Gasteiger partial charge in [-0.1, -0.05) is 13.0 Å². The zero-order valence-corrected chi connectivity index (χ0v) is 15.7. The number of hydrogen-bond acceptors (Lipinski definition) is 5. The van der Waals surface area contributed by atoms with Gasteiger partial charge in [0, 0.05) is 19.6 Å². The standard InChI is InChI=1S/C17H25FN2O4S/c1-4-20(10-13-5-6-16(24-3)15(18)9-13)11-17(21)19(2)14-7-8-25(22,23)12-14/h5-6,9,14H,4,7-8,10-12H2,1-3H3/t14-/m1/s1. The van der Waals surface area contributed by atoms with Crippen LogP contribution < -0.4 is 4.74 Å². The lowest BCUT2D eigenvalue weighted by Crippen LogP contribution is -2.43. The van der Waals surface area contributed by atoms with Crippen LogP contribution in [0.4, 0.5) is 4.39 Å². The van der Waals surface area contributed by atoms with E-state index in [2.05, 4.69) is 0 Å². The molecule has 1 aromatic rings. The van der Waals surface area contributed by atoms with Gasteiger partial charge in [-0.3, -0.25) is 9.69 Å². The Labute approximate surface area is 148 Å². The van der Waals surface area contributed by atoms with Crippen molar-refractivity contribution in [1.29, 1.82) is 0 Å². The minimum Gasteiger partial charge on any atom is -0.494 e. The molecule has 0 bridgehead atoms. The first-order valence-electron chi connectivity index (χ1n) is 8.26. The zero-order valence-electron chi connectivity index (χ0n) is 14.9. The fourth-order valence-corrected chi connectivity index (χ4v) is 4.71. The van der Waals surface area contributed by atoms with Gasteiger partial charge in [0.15, 0.2) is 21.4 Å². The summed E-state index contributed by atoms with van der Waals surface area (Å²) >= 11 is 0. The van der Waals surface area contributed by atoms with E-state index >= 15 is 0 Å². The average Bonchev–Trinajstić information content (AvgIpc) is 2.93. The molecule has 1 aliphatic heterocycles. The van der Waals surface area contributed by atoms with E-state index in [0.717, 1.165) is 5.56 Å². The molecule has 6 nitrogen and oxygen atoms in total. The average molecular weight is 372 g/mol. The van der Waals surface area contributed by atoms with E-state index < -0.39 is 15.7 Å². The first-order valence-corrected chi connectivity index (χ1v) is 10.1. The molecule has 0 aliphatic carbocycles. The monoisotopic (exact) mass is 372 g/mol. The largest absolute Gasteiger partial charge is 0.494 e. The Hall–Kier alpha value is -1.67. The zero-order chi connectivity index (χ0) is 18.6. The molecule has 0 aromatic heterocycles. The Bertz CT molecular complexity index is 723. The number of methoxy groups -OCH3 is 1. The molecular weight excluding hydrogens is 347 g/mol. The molecule has 0 spiro atoms. The molecule has 0 radical (unpaired) electrons. The number of ether oxygens (including phenoxy) is 1. The summed E-state index contributed by atoms with van der Waals surface area (Å²) < 4.78 is 41.9. The van der Waals surface area contributed by atoms with Crippen LogP contribution in [0.5, 0.6) is 5.75 Å². The van der Waals surface area contributed by atoms with Gasteiger partial charge in [0.1, 0.15) is 0 Å². The number of likely N-dealkylation sites (N-methyl/N-ethyl adjacent to an activating group) is 2. The van der Waals surface area contributed by atoms with Crippen LogP contribution in [0.1, 0.15) is 18.9 Å². The molecule has 0 saturated carbocycles. The van der Waals surface area contributed by atoms with Crippen LogP contribution in [-0.2, 0) is 21.2 Å². The van der Waals surface area contributed by atoms with Gasteiger partial charge < -0.3 is 9.64 Å². The van der Waals surface area contributed by atoms with Crippen LogP contribution in [0.15, 0.2) is 18.2 Å². The molecule has 1 atom stereocenters. The molecule has 2 rings (SSSR count). The number of halogens is 1. The third-order valence-corrected chi connectivity index (χ3v) is 6.33. The van der Waals surface area contributed by atoms with E-state index in [9.17, 15) is 17.6 Å². The van der Waals surface area contributed by atoms with Gasteiger partial charge in [-0.05, 0) is 30.7 Å². The second-order valence-electron chi connectivity index (χ2n) is 6.33.